The number of urea groups is 1. The first-order chi connectivity index (χ1) is 12.0. The van der Waals surface area contributed by atoms with E-state index in [0.29, 0.717) is 13.1 Å². The van der Waals surface area contributed by atoms with Crippen molar-refractivity contribution < 1.29 is 4.79 Å². The van der Waals surface area contributed by atoms with Gasteiger partial charge in [-0.15, -0.1) is 0 Å². The molecular weight excluding hydrogens is 334 g/mol. The van der Waals surface area contributed by atoms with Crippen LogP contribution in [0.15, 0.2) is 54.6 Å². The fourth-order valence-corrected chi connectivity index (χ4v) is 3.30. The third kappa shape index (κ3) is 4.26. The van der Waals surface area contributed by atoms with Crippen LogP contribution < -0.4 is 10.2 Å². The topological polar surface area (TPSA) is 35.6 Å². The summed E-state index contributed by atoms with van der Waals surface area (Å²) in [5.74, 6) is 0. The molecule has 0 unspecified atom stereocenters. The van der Waals surface area contributed by atoms with Crippen LogP contribution in [0.1, 0.15) is 19.4 Å². The van der Waals surface area contributed by atoms with Crippen LogP contribution in [0.3, 0.4) is 0 Å². The third-order valence-electron chi connectivity index (χ3n) is 4.66. The molecule has 2 amide bonds. The first kappa shape index (κ1) is 17.6. The van der Waals surface area contributed by atoms with Crippen LogP contribution in [-0.2, 0) is 5.54 Å². The Morgan fingerprint density at radius 2 is 1.68 bits per heavy atom. The van der Waals surface area contributed by atoms with Gasteiger partial charge in [0.15, 0.2) is 0 Å². The SMILES string of the molecule is CC(C)(NC(=O)N1CCN(c2cccc(Cl)c2)CC1)c1ccccc1. The molecule has 5 heteroatoms. The molecule has 3 rings (SSSR count). The Hall–Kier alpha value is -2.20. The second-order valence-electron chi connectivity index (χ2n) is 6.88. The number of halogens is 1. The normalized spacial score (nSPS) is 15.2. The zero-order valence-electron chi connectivity index (χ0n) is 14.7. The molecule has 132 valence electrons. The number of anilines is 1. The Morgan fingerprint density at radius 3 is 2.32 bits per heavy atom. The van der Waals surface area contributed by atoms with Crippen molar-refractivity contribution in [1.29, 1.82) is 0 Å². The minimum atomic E-state index is -0.400. The van der Waals surface area contributed by atoms with Crippen molar-refractivity contribution in [2.45, 2.75) is 19.4 Å². The van der Waals surface area contributed by atoms with E-state index in [0.717, 1.165) is 29.4 Å². The van der Waals surface area contributed by atoms with E-state index in [1.807, 2.05) is 67.3 Å². The summed E-state index contributed by atoms with van der Waals surface area (Å²) in [5.41, 5.74) is 1.81. The van der Waals surface area contributed by atoms with E-state index >= 15 is 0 Å². The highest BCUT2D eigenvalue weighted by molar-refractivity contribution is 6.30. The minimum absolute atomic E-state index is 0.0143. The molecule has 25 heavy (non-hydrogen) atoms. The number of piperazine rings is 1. The summed E-state index contributed by atoms with van der Waals surface area (Å²) in [6.07, 6.45) is 0. The van der Waals surface area contributed by atoms with Gasteiger partial charge in [-0.2, -0.15) is 0 Å². The smallest absolute Gasteiger partial charge is 0.318 e. The van der Waals surface area contributed by atoms with Gasteiger partial charge in [-0.3, -0.25) is 0 Å². The van der Waals surface area contributed by atoms with Gasteiger partial charge in [-0.25, -0.2) is 4.79 Å². The fourth-order valence-electron chi connectivity index (χ4n) is 3.11. The van der Waals surface area contributed by atoms with Gasteiger partial charge in [-0.05, 0) is 37.6 Å². The van der Waals surface area contributed by atoms with Crippen molar-refractivity contribution in [3.05, 3.63) is 65.2 Å². The quantitative estimate of drug-likeness (QED) is 0.897. The highest BCUT2D eigenvalue weighted by Gasteiger charge is 2.27. The van der Waals surface area contributed by atoms with Crippen molar-refractivity contribution in [2.75, 3.05) is 31.1 Å². The van der Waals surface area contributed by atoms with Gasteiger partial charge in [0.2, 0.25) is 0 Å². The second-order valence-corrected chi connectivity index (χ2v) is 7.31. The first-order valence-corrected chi connectivity index (χ1v) is 8.97. The molecule has 4 nitrogen and oxygen atoms in total. The van der Waals surface area contributed by atoms with E-state index in [-0.39, 0.29) is 6.03 Å². The number of amides is 2. The van der Waals surface area contributed by atoms with Gasteiger partial charge >= 0.3 is 6.03 Å². The second kappa shape index (κ2) is 7.36. The van der Waals surface area contributed by atoms with E-state index in [2.05, 4.69) is 16.3 Å². The number of carbonyl (C=O) groups excluding carboxylic acids is 1. The lowest BCUT2D eigenvalue weighted by Crippen LogP contribution is -2.55. The standard InChI is InChI=1S/C20H24ClN3O/c1-20(2,16-7-4-3-5-8-16)22-19(25)24-13-11-23(12-14-24)18-10-6-9-17(21)15-18/h3-10,15H,11-14H2,1-2H3,(H,22,25). The molecule has 0 spiro atoms. The Balaban J connectivity index is 1.58. The number of rotatable bonds is 3. The van der Waals surface area contributed by atoms with Crippen molar-refractivity contribution >= 4 is 23.3 Å². The van der Waals surface area contributed by atoms with Crippen LogP contribution >= 0.6 is 11.6 Å². The molecule has 2 aromatic carbocycles. The number of carbonyl (C=O) groups is 1. The molecular formula is C20H24ClN3O. The largest absolute Gasteiger partial charge is 0.368 e. The lowest BCUT2D eigenvalue weighted by Gasteiger charge is -2.38. The maximum atomic E-state index is 12.7. The highest BCUT2D eigenvalue weighted by atomic mass is 35.5. The molecule has 0 bridgehead atoms. The number of hydrogen-bond donors (Lipinski definition) is 1. The maximum absolute atomic E-state index is 12.7. The number of hydrogen-bond acceptors (Lipinski definition) is 2. The predicted octanol–water partition coefficient (Wildman–Crippen LogP) is 4.11. The first-order valence-electron chi connectivity index (χ1n) is 8.59. The summed E-state index contributed by atoms with van der Waals surface area (Å²) in [6.45, 7) is 7.07. The summed E-state index contributed by atoms with van der Waals surface area (Å²) in [7, 11) is 0. The van der Waals surface area contributed by atoms with Gasteiger partial charge in [0, 0.05) is 36.9 Å². The summed E-state index contributed by atoms with van der Waals surface area (Å²) < 4.78 is 0. The molecule has 1 aliphatic heterocycles. The molecule has 0 aliphatic carbocycles. The Morgan fingerprint density at radius 1 is 1.00 bits per heavy atom. The van der Waals surface area contributed by atoms with Crippen LogP contribution in [0.5, 0.6) is 0 Å². The summed E-state index contributed by atoms with van der Waals surface area (Å²) in [5, 5.41) is 3.89. The summed E-state index contributed by atoms with van der Waals surface area (Å²) >= 11 is 6.07. The van der Waals surface area contributed by atoms with Crippen molar-refractivity contribution in [3.8, 4) is 0 Å². The molecule has 1 saturated heterocycles. The zero-order chi connectivity index (χ0) is 17.9. The van der Waals surface area contributed by atoms with Gasteiger partial charge in [-0.1, -0.05) is 48.0 Å². The Kier molecular flexibility index (Phi) is 5.19. The monoisotopic (exact) mass is 357 g/mol. The Bertz CT molecular complexity index is 725. The Labute approximate surface area is 154 Å². The molecule has 1 heterocycles. The molecule has 0 saturated carbocycles. The number of nitrogens with one attached hydrogen (secondary N) is 1. The van der Waals surface area contributed by atoms with Crippen LogP contribution in [0.25, 0.3) is 0 Å². The lowest BCUT2D eigenvalue weighted by atomic mass is 9.94. The predicted molar refractivity (Wildman–Crippen MR) is 103 cm³/mol. The molecule has 1 aliphatic rings. The molecule has 2 aromatic rings. The van der Waals surface area contributed by atoms with Crippen LogP contribution in [0, 0.1) is 0 Å². The zero-order valence-corrected chi connectivity index (χ0v) is 15.5. The van der Waals surface area contributed by atoms with E-state index in [1.54, 1.807) is 0 Å². The molecule has 0 radical (unpaired) electrons. The highest BCUT2D eigenvalue weighted by Crippen LogP contribution is 2.22. The summed E-state index contributed by atoms with van der Waals surface area (Å²) in [4.78, 5) is 16.8. The average molecular weight is 358 g/mol. The van der Waals surface area contributed by atoms with E-state index in [1.165, 1.54) is 0 Å². The molecule has 0 atom stereocenters. The number of benzene rings is 2. The van der Waals surface area contributed by atoms with Crippen LogP contribution in [0.4, 0.5) is 10.5 Å². The van der Waals surface area contributed by atoms with Gasteiger partial charge in [0.25, 0.3) is 0 Å². The van der Waals surface area contributed by atoms with Gasteiger partial charge in [0.05, 0.1) is 5.54 Å². The van der Waals surface area contributed by atoms with E-state index in [4.69, 9.17) is 11.6 Å². The summed E-state index contributed by atoms with van der Waals surface area (Å²) in [6, 6.07) is 17.9. The lowest BCUT2D eigenvalue weighted by molar-refractivity contribution is 0.183. The van der Waals surface area contributed by atoms with Crippen molar-refractivity contribution in [1.82, 2.24) is 10.2 Å². The van der Waals surface area contributed by atoms with E-state index < -0.39 is 5.54 Å². The third-order valence-corrected chi connectivity index (χ3v) is 4.89. The van der Waals surface area contributed by atoms with Crippen molar-refractivity contribution in [2.24, 2.45) is 0 Å². The number of nitrogens with zero attached hydrogens (tertiary/aromatic N) is 2. The van der Waals surface area contributed by atoms with Crippen LogP contribution in [0.2, 0.25) is 5.02 Å². The average Bonchev–Trinajstić information content (AvgIpc) is 2.62. The fraction of sp³-hybridized carbons (Fsp3) is 0.350. The van der Waals surface area contributed by atoms with E-state index in [9.17, 15) is 4.79 Å². The van der Waals surface area contributed by atoms with Gasteiger partial charge < -0.3 is 15.1 Å². The molecule has 1 fully saturated rings. The van der Waals surface area contributed by atoms with Gasteiger partial charge in [0.1, 0.15) is 0 Å². The molecule has 0 aromatic heterocycles. The maximum Gasteiger partial charge on any atom is 0.318 e. The van der Waals surface area contributed by atoms with Crippen molar-refractivity contribution in [3.63, 3.8) is 0 Å². The molecule has 1 N–H and O–H groups in total. The van der Waals surface area contributed by atoms with Crippen LogP contribution in [-0.4, -0.2) is 37.1 Å². The minimum Gasteiger partial charge on any atom is -0.368 e.